The number of fused-ring (bicyclic) bond motifs is 7. The van der Waals surface area contributed by atoms with Gasteiger partial charge >= 0.3 is 0 Å². The summed E-state index contributed by atoms with van der Waals surface area (Å²) in [4.78, 5) is 31.7. The molecule has 2 aliphatic heterocycles. The monoisotopic (exact) mass is 1200 g/mol. The zero-order chi connectivity index (χ0) is 62.1. The number of nitrogens with zero attached hydrogens (tertiary/aromatic N) is 8. The summed E-state index contributed by atoms with van der Waals surface area (Å²) < 4.78 is 2.36. The fraction of sp³-hybridized carbons (Fsp3) is 0. The van der Waals surface area contributed by atoms with Crippen LogP contribution in [-0.2, 0) is 0 Å². The lowest BCUT2D eigenvalue weighted by Gasteiger charge is -2.44. The molecule has 8 nitrogen and oxygen atoms in total. The van der Waals surface area contributed by atoms with Gasteiger partial charge in [-0.1, -0.05) is 249 Å². The molecule has 18 rings (SSSR count). The molecule has 5 heterocycles. The van der Waals surface area contributed by atoms with Crippen LogP contribution in [0.2, 0.25) is 0 Å². The smallest absolute Gasteiger partial charge is 0.252 e. The normalized spacial score (nSPS) is 12.2. The van der Waals surface area contributed by atoms with Crippen molar-refractivity contribution >= 4 is 79.0 Å². The molecule has 3 aromatic heterocycles. The molecule has 94 heavy (non-hydrogen) atoms. The lowest BCUT2D eigenvalue weighted by atomic mass is 9.33. The van der Waals surface area contributed by atoms with Crippen LogP contribution in [0.15, 0.2) is 334 Å². The van der Waals surface area contributed by atoms with Gasteiger partial charge in [0, 0.05) is 78.3 Å². The van der Waals surface area contributed by atoms with Crippen LogP contribution >= 0.6 is 0 Å². The minimum Gasteiger partial charge on any atom is -0.311 e. The first-order valence-corrected chi connectivity index (χ1v) is 31.8. The van der Waals surface area contributed by atoms with Gasteiger partial charge in [-0.25, -0.2) is 24.9 Å². The van der Waals surface area contributed by atoms with Crippen molar-refractivity contribution in [3.05, 3.63) is 334 Å². The zero-order valence-electron chi connectivity index (χ0n) is 50.9. The first-order chi connectivity index (χ1) is 46.6. The number of hydrogen-bond acceptors (Lipinski definition) is 7. The molecule has 0 radical (unpaired) electrons. The van der Waals surface area contributed by atoms with E-state index in [0.717, 1.165) is 106 Å². The van der Waals surface area contributed by atoms with Gasteiger partial charge in [0.15, 0.2) is 23.3 Å². The topological polar surface area (TPSA) is 75.9 Å². The van der Waals surface area contributed by atoms with Gasteiger partial charge < -0.3 is 14.4 Å². The van der Waals surface area contributed by atoms with Crippen molar-refractivity contribution in [1.82, 2.24) is 29.5 Å². The second-order valence-electron chi connectivity index (χ2n) is 23.9. The predicted octanol–water partition coefficient (Wildman–Crippen LogP) is 19.2. The van der Waals surface area contributed by atoms with Crippen LogP contribution < -0.4 is 26.2 Å². The molecule has 0 fully saturated rings. The second-order valence-corrected chi connectivity index (χ2v) is 23.9. The van der Waals surface area contributed by atoms with E-state index in [1.807, 2.05) is 54.6 Å². The fourth-order valence-corrected chi connectivity index (χ4v) is 14.1. The molecular formula is C85H55BN8. The van der Waals surface area contributed by atoms with E-state index in [1.54, 1.807) is 0 Å². The van der Waals surface area contributed by atoms with Crippen LogP contribution in [0.4, 0.5) is 34.1 Å². The van der Waals surface area contributed by atoms with Gasteiger partial charge in [0.05, 0.1) is 28.1 Å². The highest BCUT2D eigenvalue weighted by Gasteiger charge is 2.43. The summed E-state index contributed by atoms with van der Waals surface area (Å²) in [6.45, 7) is 0.0741. The number of para-hydroxylation sites is 4. The lowest BCUT2D eigenvalue weighted by Crippen LogP contribution is -2.61. The van der Waals surface area contributed by atoms with Crippen LogP contribution in [-0.4, -0.2) is 36.2 Å². The molecule has 0 atom stereocenters. The van der Waals surface area contributed by atoms with Crippen molar-refractivity contribution in [3.8, 4) is 96.0 Å². The average Bonchev–Trinajstić information content (AvgIpc) is 1.18. The van der Waals surface area contributed by atoms with E-state index < -0.39 is 0 Å². The minimum absolute atomic E-state index is 0.0741. The van der Waals surface area contributed by atoms with Crippen LogP contribution in [0, 0.1) is 0 Å². The van der Waals surface area contributed by atoms with Gasteiger partial charge in [-0.3, -0.25) is 0 Å². The summed E-state index contributed by atoms with van der Waals surface area (Å²) in [5.41, 5.74) is 25.3. The third kappa shape index (κ3) is 9.36. The number of anilines is 6. The van der Waals surface area contributed by atoms with Crippen LogP contribution in [0.5, 0.6) is 0 Å². The fourth-order valence-electron chi connectivity index (χ4n) is 14.1. The van der Waals surface area contributed by atoms with Crippen molar-refractivity contribution in [2.24, 2.45) is 0 Å². The van der Waals surface area contributed by atoms with Crippen molar-refractivity contribution in [3.63, 3.8) is 0 Å². The minimum atomic E-state index is 0.0741. The number of rotatable bonds is 11. The van der Waals surface area contributed by atoms with E-state index >= 15 is 0 Å². The molecule has 9 heteroatoms. The van der Waals surface area contributed by atoms with E-state index in [4.69, 9.17) is 24.9 Å². The highest BCUT2D eigenvalue weighted by atomic mass is 15.2. The average molecular weight is 1200 g/mol. The summed E-state index contributed by atoms with van der Waals surface area (Å²) in [5.74, 6) is 2.28. The van der Waals surface area contributed by atoms with Gasteiger partial charge in [-0.15, -0.1) is 0 Å². The maximum atomic E-state index is 5.53. The van der Waals surface area contributed by atoms with Crippen molar-refractivity contribution in [1.29, 1.82) is 0 Å². The van der Waals surface area contributed by atoms with Crippen LogP contribution in [0.1, 0.15) is 0 Å². The van der Waals surface area contributed by atoms with E-state index in [1.165, 1.54) is 39.1 Å². The Morgan fingerprint density at radius 1 is 0.234 bits per heavy atom. The number of benzene rings is 13. The van der Waals surface area contributed by atoms with E-state index in [9.17, 15) is 0 Å². The SMILES string of the molecule is c1ccc(-c2ccc3c(c2)c2ccccc2n3-c2ccc(-c3cc(-c4ccccc4)nc(-c4ccccc4)n3)cc2-c2nc(-c3ccccc3)nc(-c3ccc(-c4ccc(N5c6ccccc6B6c7ccccc7N(c7ccccc7)c7cccc5c76)cc4)cc3)n2)cc1. The largest absolute Gasteiger partial charge is 0.311 e. The van der Waals surface area contributed by atoms with E-state index in [2.05, 4.69) is 293 Å². The molecular weight excluding hydrogens is 1140 g/mol. The number of hydrogen-bond donors (Lipinski definition) is 0. The molecule has 16 aromatic rings. The van der Waals surface area contributed by atoms with Gasteiger partial charge in [0.25, 0.3) is 6.71 Å². The molecule has 438 valence electrons. The summed E-state index contributed by atoms with van der Waals surface area (Å²) in [5, 5.41) is 2.29. The standard InChI is InChI=1S/C85H55BN8/c1-6-23-56(24-7-1)63-47-51-75-68(53-63)67-33-16-19-36-74(67)94(75)76-52-48-64(73-55-72(59-25-8-2-9-26-59)87-82(88-73)60-27-10-3-11-28-60)54-69(76)85-90-83(61-29-12-4-13-30-61)89-84(91-85)62-43-41-57(42-44-62)58-45-49-66(50-46-58)93-78-38-21-18-35-71(78)86-70-34-17-20-37-77(70)92(65-31-14-5-15-32-65)79-39-22-40-80(93)81(79)86/h1-55H. The first kappa shape index (κ1) is 54.4. The molecule has 0 bridgehead atoms. The summed E-state index contributed by atoms with van der Waals surface area (Å²) in [6.07, 6.45) is 0. The van der Waals surface area contributed by atoms with Crippen molar-refractivity contribution in [2.75, 3.05) is 9.80 Å². The molecule has 0 unspecified atom stereocenters. The Bertz CT molecular complexity index is 5490. The zero-order valence-corrected chi connectivity index (χ0v) is 50.9. The predicted molar refractivity (Wildman–Crippen MR) is 387 cm³/mol. The van der Waals surface area contributed by atoms with Gasteiger partial charge in [-0.05, 0) is 124 Å². The Hall–Kier alpha value is -12.6. The summed E-state index contributed by atoms with van der Waals surface area (Å²) in [7, 11) is 0. The summed E-state index contributed by atoms with van der Waals surface area (Å²) >= 11 is 0. The van der Waals surface area contributed by atoms with Crippen LogP contribution in [0.3, 0.4) is 0 Å². The second kappa shape index (κ2) is 22.7. The molecule has 0 aliphatic carbocycles. The maximum Gasteiger partial charge on any atom is 0.252 e. The van der Waals surface area contributed by atoms with E-state index in [0.29, 0.717) is 23.3 Å². The number of aromatic nitrogens is 6. The lowest BCUT2D eigenvalue weighted by molar-refractivity contribution is 1.06. The molecule has 0 amide bonds. The Morgan fingerprint density at radius 2 is 0.649 bits per heavy atom. The van der Waals surface area contributed by atoms with Gasteiger partial charge in [0.2, 0.25) is 0 Å². The van der Waals surface area contributed by atoms with Gasteiger partial charge in [-0.2, -0.15) is 0 Å². The van der Waals surface area contributed by atoms with Crippen LogP contribution in [0.25, 0.3) is 118 Å². The Balaban J connectivity index is 0.763. The third-order valence-corrected chi connectivity index (χ3v) is 18.5. The van der Waals surface area contributed by atoms with Crippen molar-refractivity contribution < 1.29 is 0 Å². The molecule has 0 N–H and O–H groups in total. The molecule has 0 spiro atoms. The van der Waals surface area contributed by atoms with Gasteiger partial charge in [0.1, 0.15) is 0 Å². The summed E-state index contributed by atoms with van der Waals surface area (Å²) in [6, 6.07) is 118. The molecule has 2 aliphatic rings. The van der Waals surface area contributed by atoms with Crippen molar-refractivity contribution in [2.45, 2.75) is 0 Å². The quantitative estimate of drug-likeness (QED) is 0.119. The first-order valence-electron chi connectivity index (χ1n) is 31.8. The molecule has 0 saturated heterocycles. The van der Waals surface area contributed by atoms with E-state index in [-0.39, 0.29) is 6.71 Å². The Morgan fingerprint density at radius 3 is 1.27 bits per heavy atom. The highest BCUT2D eigenvalue weighted by molar-refractivity contribution is 7.00. The maximum absolute atomic E-state index is 5.53. The third-order valence-electron chi connectivity index (χ3n) is 18.5. The Kier molecular flexibility index (Phi) is 13.1. The highest BCUT2D eigenvalue weighted by Crippen LogP contribution is 2.45. The molecule has 0 saturated carbocycles. The molecule has 13 aromatic carbocycles. The Labute approximate surface area is 544 Å².